The quantitative estimate of drug-likeness (QED) is 0.580. The first kappa shape index (κ1) is 16.1. The van der Waals surface area contributed by atoms with Gasteiger partial charge in [-0.15, -0.1) is 11.3 Å². The number of hydrogen-bond acceptors (Lipinski definition) is 5. The highest BCUT2D eigenvalue weighted by atomic mass is 32.1. The number of fused-ring (bicyclic) bond motifs is 1. The lowest BCUT2D eigenvalue weighted by atomic mass is 10.1. The molecule has 2 heterocycles. The molecule has 0 saturated heterocycles. The minimum Gasteiger partial charge on any atom is -0.345 e. The van der Waals surface area contributed by atoms with Gasteiger partial charge in [-0.25, -0.2) is 0 Å². The van der Waals surface area contributed by atoms with E-state index >= 15 is 0 Å². The molecule has 0 bridgehead atoms. The largest absolute Gasteiger partial charge is 0.345 e. The first-order chi connectivity index (χ1) is 11.4. The molecule has 1 amide bonds. The van der Waals surface area contributed by atoms with Crippen molar-refractivity contribution in [2.45, 2.75) is 19.9 Å². The topological polar surface area (TPSA) is 90.1 Å². The summed E-state index contributed by atoms with van der Waals surface area (Å²) in [6.45, 7) is 3.85. The summed E-state index contributed by atoms with van der Waals surface area (Å²) < 4.78 is 2.60. The molecule has 0 aliphatic heterocycles. The highest BCUT2D eigenvalue weighted by molar-refractivity contribution is 7.20. The molecule has 124 valence electrons. The minimum absolute atomic E-state index is 0.0200. The van der Waals surface area contributed by atoms with E-state index in [2.05, 4.69) is 10.4 Å². The molecule has 0 aliphatic carbocycles. The van der Waals surface area contributed by atoms with Gasteiger partial charge in [-0.3, -0.25) is 19.6 Å². The van der Waals surface area contributed by atoms with E-state index in [1.165, 1.54) is 23.5 Å². The van der Waals surface area contributed by atoms with Crippen LogP contribution in [0.2, 0.25) is 0 Å². The lowest BCUT2D eigenvalue weighted by Gasteiger charge is -2.12. The van der Waals surface area contributed by atoms with E-state index in [9.17, 15) is 14.9 Å². The number of carbonyl (C=O) groups excluding carboxylic acids is 1. The highest BCUT2D eigenvalue weighted by Gasteiger charge is 2.18. The highest BCUT2D eigenvalue weighted by Crippen LogP contribution is 2.29. The first-order valence-electron chi connectivity index (χ1n) is 7.34. The van der Waals surface area contributed by atoms with Crippen LogP contribution in [0.15, 0.2) is 30.5 Å². The van der Waals surface area contributed by atoms with Crippen molar-refractivity contribution in [3.63, 3.8) is 0 Å². The van der Waals surface area contributed by atoms with Gasteiger partial charge in [0.25, 0.3) is 11.6 Å². The van der Waals surface area contributed by atoms with Crippen LogP contribution in [-0.2, 0) is 7.05 Å². The minimum atomic E-state index is -0.440. The molecular weight excluding hydrogens is 328 g/mol. The summed E-state index contributed by atoms with van der Waals surface area (Å²) in [5.41, 5.74) is 1.98. The molecule has 0 fully saturated rings. The van der Waals surface area contributed by atoms with Gasteiger partial charge in [-0.2, -0.15) is 5.10 Å². The summed E-state index contributed by atoms with van der Waals surface area (Å²) in [4.78, 5) is 23.4. The van der Waals surface area contributed by atoms with Crippen molar-refractivity contribution >= 4 is 33.0 Å². The van der Waals surface area contributed by atoms with Crippen LogP contribution in [0, 0.1) is 17.0 Å². The standard InChI is InChI=1S/C16H16N4O3S/c1-9(13-8-17-19(3)10(13)2)18-16(21)15-7-11-6-12(20(22)23)4-5-14(11)24-15/h4-9H,1-3H3,(H,18,21). The van der Waals surface area contributed by atoms with Crippen molar-refractivity contribution in [1.29, 1.82) is 0 Å². The van der Waals surface area contributed by atoms with E-state index in [1.807, 2.05) is 20.9 Å². The van der Waals surface area contributed by atoms with Gasteiger partial charge in [0.2, 0.25) is 0 Å². The molecule has 0 aliphatic rings. The number of benzene rings is 1. The number of nitrogens with one attached hydrogen (secondary N) is 1. The third-order valence-corrected chi connectivity index (χ3v) is 5.14. The van der Waals surface area contributed by atoms with Crippen LogP contribution in [0.3, 0.4) is 0 Å². The lowest BCUT2D eigenvalue weighted by molar-refractivity contribution is -0.384. The fourth-order valence-electron chi connectivity index (χ4n) is 2.54. The van der Waals surface area contributed by atoms with Gasteiger partial charge in [0.05, 0.1) is 22.0 Å². The molecule has 0 radical (unpaired) electrons. The fraction of sp³-hybridized carbons (Fsp3) is 0.250. The number of amides is 1. The number of nitro benzene ring substituents is 1. The Balaban J connectivity index is 1.83. The smallest absolute Gasteiger partial charge is 0.270 e. The number of non-ortho nitro benzene ring substituents is 1. The first-order valence-corrected chi connectivity index (χ1v) is 8.16. The van der Waals surface area contributed by atoms with Crippen molar-refractivity contribution in [3.8, 4) is 0 Å². The molecule has 3 rings (SSSR count). The van der Waals surface area contributed by atoms with Gasteiger partial charge in [-0.1, -0.05) is 0 Å². The summed E-state index contributed by atoms with van der Waals surface area (Å²) in [5, 5.41) is 18.7. The Hall–Kier alpha value is -2.74. The van der Waals surface area contributed by atoms with E-state index in [1.54, 1.807) is 23.0 Å². The van der Waals surface area contributed by atoms with E-state index < -0.39 is 4.92 Å². The molecule has 1 N–H and O–H groups in total. The number of thiophene rings is 1. The molecular formula is C16H16N4O3S. The van der Waals surface area contributed by atoms with Crippen molar-refractivity contribution in [1.82, 2.24) is 15.1 Å². The van der Waals surface area contributed by atoms with Gasteiger partial charge in [0.15, 0.2) is 0 Å². The summed E-state index contributed by atoms with van der Waals surface area (Å²) in [6, 6.07) is 6.11. The van der Waals surface area contributed by atoms with Crippen molar-refractivity contribution in [2.24, 2.45) is 7.05 Å². The average Bonchev–Trinajstić information content (AvgIpc) is 3.10. The second-order valence-electron chi connectivity index (χ2n) is 5.59. The van der Waals surface area contributed by atoms with Crippen LogP contribution in [0.1, 0.15) is 33.9 Å². The van der Waals surface area contributed by atoms with Gasteiger partial charge in [0.1, 0.15) is 0 Å². The molecule has 1 aromatic carbocycles. The van der Waals surface area contributed by atoms with E-state index in [4.69, 9.17) is 0 Å². The Morgan fingerprint density at radius 2 is 2.17 bits per heavy atom. The molecule has 24 heavy (non-hydrogen) atoms. The van der Waals surface area contributed by atoms with Gasteiger partial charge in [-0.05, 0) is 26.0 Å². The lowest BCUT2D eigenvalue weighted by Crippen LogP contribution is -2.26. The number of aryl methyl sites for hydroxylation is 1. The molecule has 1 atom stereocenters. The van der Waals surface area contributed by atoms with Gasteiger partial charge >= 0.3 is 0 Å². The zero-order valence-corrected chi connectivity index (χ0v) is 14.3. The van der Waals surface area contributed by atoms with E-state index in [0.29, 0.717) is 10.3 Å². The monoisotopic (exact) mass is 344 g/mol. The predicted octanol–water partition coefficient (Wildman–Crippen LogP) is 3.34. The molecule has 0 saturated carbocycles. The number of nitrogens with zero attached hydrogens (tertiary/aromatic N) is 3. The normalized spacial score (nSPS) is 12.3. The van der Waals surface area contributed by atoms with E-state index in [0.717, 1.165) is 16.0 Å². The summed E-state index contributed by atoms with van der Waals surface area (Å²) in [5.74, 6) is -0.199. The summed E-state index contributed by atoms with van der Waals surface area (Å²) in [6.07, 6.45) is 1.74. The van der Waals surface area contributed by atoms with Crippen molar-refractivity contribution < 1.29 is 9.72 Å². The van der Waals surface area contributed by atoms with Crippen LogP contribution in [0.25, 0.3) is 10.1 Å². The SMILES string of the molecule is Cc1c(C(C)NC(=O)c2cc3cc([N+](=O)[O-])ccc3s2)cnn1C. The Kier molecular flexibility index (Phi) is 4.06. The van der Waals surface area contributed by atoms with Gasteiger partial charge < -0.3 is 5.32 Å². The Morgan fingerprint density at radius 3 is 2.79 bits per heavy atom. The van der Waals surface area contributed by atoms with Crippen LogP contribution in [0.4, 0.5) is 5.69 Å². The Labute approximate surface area is 142 Å². The molecule has 8 heteroatoms. The van der Waals surface area contributed by atoms with Crippen LogP contribution in [0.5, 0.6) is 0 Å². The average molecular weight is 344 g/mol. The van der Waals surface area contributed by atoms with Gasteiger partial charge in [0, 0.05) is 40.5 Å². The molecule has 7 nitrogen and oxygen atoms in total. The Morgan fingerprint density at radius 1 is 1.42 bits per heavy atom. The third-order valence-electron chi connectivity index (χ3n) is 4.02. The van der Waals surface area contributed by atoms with Crippen LogP contribution in [-0.4, -0.2) is 20.6 Å². The predicted molar refractivity (Wildman–Crippen MR) is 92.3 cm³/mol. The van der Waals surface area contributed by atoms with E-state index in [-0.39, 0.29) is 17.6 Å². The number of carbonyl (C=O) groups is 1. The summed E-state index contributed by atoms with van der Waals surface area (Å²) >= 11 is 1.32. The molecule has 2 aromatic heterocycles. The second kappa shape index (κ2) is 6.04. The van der Waals surface area contributed by atoms with Crippen molar-refractivity contribution in [3.05, 3.63) is 56.7 Å². The second-order valence-corrected chi connectivity index (χ2v) is 6.68. The van der Waals surface area contributed by atoms with Crippen LogP contribution < -0.4 is 5.32 Å². The molecule has 1 unspecified atom stereocenters. The maximum atomic E-state index is 12.5. The summed E-state index contributed by atoms with van der Waals surface area (Å²) in [7, 11) is 1.85. The van der Waals surface area contributed by atoms with Crippen molar-refractivity contribution in [2.75, 3.05) is 0 Å². The zero-order valence-electron chi connectivity index (χ0n) is 13.4. The number of rotatable bonds is 4. The maximum absolute atomic E-state index is 12.5. The van der Waals surface area contributed by atoms with Crippen LogP contribution >= 0.6 is 11.3 Å². The third kappa shape index (κ3) is 2.88. The molecule has 3 aromatic rings. The number of nitro groups is 1. The zero-order chi connectivity index (χ0) is 17.4. The molecule has 0 spiro atoms. The Bertz CT molecular complexity index is 944. The fourth-order valence-corrected chi connectivity index (χ4v) is 3.49. The number of hydrogen-bond donors (Lipinski definition) is 1. The maximum Gasteiger partial charge on any atom is 0.270 e. The number of aromatic nitrogens is 2.